The molecular formula is C20H22FNO2S. The van der Waals surface area contributed by atoms with Crippen LogP contribution in [0.1, 0.15) is 42.9 Å². The van der Waals surface area contributed by atoms with Crippen molar-refractivity contribution in [2.45, 2.75) is 44.9 Å². The lowest BCUT2D eigenvalue weighted by Crippen LogP contribution is -2.15. The quantitative estimate of drug-likeness (QED) is 0.646. The highest BCUT2D eigenvalue weighted by Crippen LogP contribution is 2.35. The third kappa shape index (κ3) is 2.86. The van der Waals surface area contributed by atoms with Crippen molar-refractivity contribution >= 4 is 20.9 Å². The van der Waals surface area contributed by atoms with Gasteiger partial charge in [0.2, 0.25) is 5.95 Å². The fourth-order valence-electron chi connectivity index (χ4n) is 3.09. The molecule has 3 rings (SSSR count). The van der Waals surface area contributed by atoms with Crippen molar-refractivity contribution in [2.24, 2.45) is 0 Å². The predicted octanol–water partition coefficient (Wildman–Crippen LogP) is 5.15. The minimum atomic E-state index is -4.01. The Morgan fingerprint density at radius 1 is 1.04 bits per heavy atom. The Kier molecular flexibility index (Phi) is 4.45. The topological polar surface area (TPSA) is 39.1 Å². The van der Waals surface area contributed by atoms with E-state index in [1.54, 1.807) is 18.2 Å². The molecule has 0 fully saturated rings. The Morgan fingerprint density at radius 2 is 1.64 bits per heavy atom. The van der Waals surface area contributed by atoms with Crippen molar-refractivity contribution in [3.63, 3.8) is 0 Å². The molecule has 0 aliphatic carbocycles. The molecule has 25 heavy (non-hydrogen) atoms. The molecule has 0 bridgehead atoms. The minimum absolute atomic E-state index is 0.0706. The van der Waals surface area contributed by atoms with Gasteiger partial charge in [-0.05, 0) is 50.5 Å². The number of aryl methyl sites for hydroxylation is 2. The van der Waals surface area contributed by atoms with Crippen LogP contribution in [-0.4, -0.2) is 12.4 Å². The third-order valence-corrected chi connectivity index (χ3v) is 6.43. The van der Waals surface area contributed by atoms with Gasteiger partial charge >= 0.3 is 0 Å². The molecule has 3 aromatic rings. The standard InChI is InChI=1S/C20H22FNO2S/c1-5-15(4)19-17-12-14(3)8-11-18(17)22(20(19)21)25(23,24)16-9-6-13(2)7-10-16/h6-12,15H,5H2,1-4H3. The summed E-state index contributed by atoms with van der Waals surface area (Å²) in [4.78, 5) is 0.0881. The summed E-state index contributed by atoms with van der Waals surface area (Å²) in [6.45, 7) is 7.69. The van der Waals surface area contributed by atoms with E-state index in [4.69, 9.17) is 0 Å². The van der Waals surface area contributed by atoms with Crippen LogP contribution in [0, 0.1) is 19.8 Å². The summed E-state index contributed by atoms with van der Waals surface area (Å²) in [6.07, 6.45) is 0.731. The average Bonchev–Trinajstić information content (AvgIpc) is 2.86. The maximum atomic E-state index is 15.3. The number of fused-ring (bicyclic) bond motifs is 1. The average molecular weight is 359 g/mol. The van der Waals surface area contributed by atoms with Crippen LogP contribution in [0.2, 0.25) is 0 Å². The van der Waals surface area contributed by atoms with Gasteiger partial charge in [-0.1, -0.05) is 43.2 Å². The van der Waals surface area contributed by atoms with E-state index in [0.717, 1.165) is 21.5 Å². The first-order valence-corrected chi connectivity index (χ1v) is 9.84. The maximum Gasteiger partial charge on any atom is 0.270 e. The van der Waals surface area contributed by atoms with Crippen molar-refractivity contribution in [1.29, 1.82) is 0 Å². The largest absolute Gasteiger partial charge is 0.270 e. The van der Waals surface area contributed by atoms with Gasteiger partial charge in [-0.3, -0.25) is 0 Å². The van der Waals surface area contributed by atoms with Gasteiger partial charge in [0.15, 0.2) is 0 Å². The van der Waals surface area contributed by atoms with Gasteiger partial charge in [0.05, 0.1) is 10.4 Å². The van der Waals surface area contributed by atoms with Gasteiger partial charge in [0.1, 0.15) is 0 Å². The molecule has 1 heterocycles. The zero-order valence-corrected chi connectivity index (χ0v) is 15.7. The lowest BCUT2D eigenvalue weighted by atomic mass is 9.97. The molecule has 132 valence electrons. The molecule has 0 radical (unpaired) electrons. The molecule has 3 nitrogen and oxygen atoms in total. The first-order chi connectivity index (χ1) is 11.8. The normalized spacial score (nSPS) is 13.3. The lowest BCUT2D eigenvalue weighted by molar-refractivity contribution is 0.527. The van der Waals surface area contributed by atoms with E-state index in [1.165, 1.54) is 12.1 Å². The van der Waals surface area contributed by atoms with E-state index >= 15 is 4.39 Å². The molecule has 0 saturated carbocycles. The zero-order valence-electron chi connectivity index (χ0n) is 14.9. The van der Waals surface area contributed by atoms with Crippen molar-refractivity contribution in [1.82, 2.24) is 3.97 Å². The molecule has 1 unspecified atom stereocenters. The Balaban J connectivity index is 2.36. The number of aromatic nitrogens is 1. The Labute approximate surface area is 148 Å². The third-order valence-electron chi connectivity index (χ3n) is 4.73. The molecule has 1 atom stereocenters. The number of rotatable bonds is 4. The summed E-state index contributed by atoms with van der Waals surface area (Å²) >= 11 is 0. The van der Waals surface area contributed by atoms with Gasteiger partial charge in [-0.25, -0.2) is 12.4 Å². The zero-order chi connectivity index (χ0) is 18.4. The number of hydrogen-bond acceptors (Lipinski definition) is 2. The lowest BCUT2D eigenvalue weighted by Gasteiger charge is -2.10. The van der Waals surface area contributed by atoms with Gasteiger partial charge in [0.25, 0.3) is 10.0 Å². The van der Waals surface area contributed by atoms with Crippen LogP contribution in [-0.2, 0) is 10.0 Å². The number of hydrogen-bond donors (Lipinski definition) is 0. The van der Waals surface area contributed by atoms with Crippen molar-refractivity contribution in [3.05, 3.63) is 65.1 Å². The van der Waals surface area contributed by atoms with Gasteiger partial charge in [-0.2, -0.15) is 4.39 Å². The highest BCUT2D eigenvalue weighted by molar-refractivity contribution is 7.90. The van der Waals surface area contributed by atoms with Crippen molar-refractivity contribution in [3.8, 4) is 0 Å². The fourth-order valence-corrected chi connectivity index (χ4v) is 4.51. The summed E-state index contributed by atoms with van der Waals surface area (Å²) in [5.41, 5.74) is 2.78. The number of nitrogens with zero attached hydrogens (tertiary/aromatic N) is 1. The van der Waals surface area contributed by atoms with Crippen LogP contribution < -0.4 is 0 Å². The molecule has 0 saturated heterocycles. The second-order valence-electron chi connectivity index (χ2n) is 6.62. The van der Waals surface area contributed by atoms with Crippen LogP contribution in [0.15, 0.2) is 47.4 Å². The summed E-state index contributed by atoms with van der Waals surface area (Å²) < 4.78 is 42.4. The molecule has 0 aliphatic rings. The fraction of sp³-hybridized carbons (Fsp3) is 0.300. The highest BCUT2D eigenvalue weighted by atomic mass is 32.2. The van der Waals surface area contributed by atoms with E-state index in [1.807, 2.05) is 39.8 Å². The van der Waals surface area contributed by atoms with E-state index in [2.05, 4.69) is 0 Å². The highest BCUT2D eigenvalue weighted by Gasteiger charge is 2.28. The summed E-state index contributed by atoms with van der Waals surface area (Å²) in [6, 6.07) is 11.8. The van der Waals surface area contributed by atoms with Crippen molar-refractivity contribution in [2.75, 3.05) is 0 Å². The summed E-state index contributed by atoms with van der Waals surface area (Å²) in [5, 5.41) is 0.669. The van der Waals surface area contributed by atoms with E-state index in [9.17, 15) is 8.42 Å². The van der Waals surface area contributed by atoms with Crippen LogP contribution in [0.4, 0.5) is 4.39 Å². The summed E-state index contributed by atoms with van der Waals surface area (Å²) in [7, 11) is -4.01. The maximum absolute atomic E-state index is 15.3. The molecule has 0 N–H and O–H groups in total. The molecule has 0 amide bonds. The Morgan fingerprint density at radius 3 is 2.24 bits per heavy atom. The summed E-state index contributed by atoms with van der Waals surface area (Å²) in [5.74, 6) is -0.755. The van der Waals surface area contributed by atoms with Crippen LogP contribution >= 0.6 is 0 Å². The molecule has 0 spiro atoms. The second kappa shape index (κ2) is 6.30. The van der Waals surface area contributed by atoms with Crippen LogP contribution in [0.3, 0.4) is 0 Å². The van der Waals surface area contributed by atoms with Crippen LogP contribution in [0.5, 0.6) is 0 Å². The first-order valence-electron chi connectivity index (χ1n) is 8.40. The van der Waals surface area contributed by atoms with Gasteiger partial charge < -0.3 is 0 Å². The number of halogens is 1. The van der Waals surface area contributed by atoms with Gasteiger partial charge in [0, 0.05) is 10.9 Å². The molecular weight excluding hydrogens is 337 g/mol. The molecule has 1 aromatic heterocycles. The second-order valence-corrected chi connectivity index (χ2v) is 8.40. The van der Waals surface area contributed by atoms with Gasteiger partial charge in [-0.15, -0.1) is 0 Å². The van der Waals surface area contributed by atoms with E-state index in [0.29, 0.717) is 16.5 Å². The predicted molar refractivity (Wildman–Crippen MR) is 99.1 cm³/mol. The minimum Gasteiger partial charge on any atom is -0.208 e. The first kappa shape index (κ1) is 17.7. The Hall–Kier alpha value is -2.14. The molecule has 5 heteroatoms. The molecule has 2 aromatic carbocycles. The van der Waals surface area contributed by atoms with E-state index in [-0.39, 0.29) is 10.8 Å². The van der Waals surface area contributed by atoms with Crippen molar-refractivity contribution < 1.29 is 12.8 Å². The Bertz CT molecular complexity index is 1030. The SMILES string of the molecule is CCC(C)c1c(F)n(S(=O)(=O)c2ccc(C)cc2)c2ccc(C)cc12. The monoisotopic (exact) mass is 359 g/mol. The molecule has 0 aliphatic heterocycles. The number of benzene rings is 2. The smallest absolute Gasteiger partial charge is 0.208 e. The van der Waals surface area contributed by atoms with E-state index < -0.39 is 16.0 Å². The van der Waals surface area contributed by atoms with Crippen LogP contribution in [0.25, 0.3) is 10.9 Å².